The Morgan fingerprint density at radius 3 is 2.42 bits per heavy atom. The van der Waals surface area contributed by atoms with Gasteiger partial charge < -0.3 is 10.4 Å². The number of fused-ring (bicyclic) bond motifs is 1. The van der Waals surface area contributed by atoms with Gasteiger partial charge in [-0.3, -0.25) is 9.97 Å². The summed E-state index contributed by atoms with van der Waals surface area (Å²) >= 11 is 0. The van der Waals surface area contributed by atoms with Crippen molar-refractivity contribution in [3.05, 3.63) is 30.6 Å². The van der Waals surface area contributed by atoms with Gasteiger partial charge in [0.25, 0.3) is 0 Å². The summed E-state index contributed by atoms with van der Waals surface area (Å²) in [6, 6.07) is 5.96. The Labute approximate surface area is 113 Å². The second kappa shape index (κ2) is 5.97. The van der Waals surface area contributed by atoms with E-state index in [0.29, 0.717) is 0 Å². The Hall–Kier alpha value is -1.68. The maximum Gasteiger partial charge on any atom is 0.0907 e. The van der Waals surface area contributed by atoms with Gasteiger partial charge in [-0.15, -0.1) is 0 Å². The zero-order valence-corrected chi connectivity index (χ0v) is 11.6. The lowest BCUT2D eigenvalue weighted by atomic mass is 9.83. The standard InChI is InChI=1S/C15H21N3O/c1-3-15(4-2,11-19)10-18-12-5-6-13-14(9-12)17-8-7-16-13/h5-9,18-19H,3-4,10-11H2,1-2H3. The minimum atomic E-state index is -0.0443. The molecule has 0 unspecified atom stereocenters. The van der Waals surface area contributed by atoms with Crippen molar-refractivity contribution in [3.8, 4) is 0 Å². The summed E-state index contributed by atoms with van der Waals surface area (Å²) in [4.78, 5) is 8.54. The van der Waals surface area contributed by atoms with E-state index in [1.54, 1.807) is 12.4 Å². The molecule has 0 aliphatic heterocycles. The summed E-state index contributed by atoms with van der Waals surface area (Å²) in [6.07, 6.45) is 5.31. The van der Waals surface area contributed by atoms with Crippen LogP contribution in [-0.4, -0.2) is 28.2 Å². The lowest BCUT2D eigenvalue weighted by Gasteiger charge is -2.30. The van der Waals surface area contributed by atoms with Crippen molar-refractivity contribution >= 4 is 16.7 Å². The highest BCUT2D eigenvalue weighted by Gasteiger charge is 2.24. The third-order valence-corrected chi connectivity index (χ3v) is 3.97. The van der Waals surface area contributed by atoms with E-state index in [1.165, 1.54) is 0 Å². The van der Waals surface area contributed by atoms with Crippen LogP contribution < -0.4 is 5.32 Å². The summed E-state index contributed by atoms with van der Waals surface area (Å²) in [5.41, 5.74) is 2.76. The van der Waals surface area contributed by atoms with E-state index < -0.39 is 0 Å². The molecule has 2 N–H and O–H groups in total. The Kier molecular flexibility index (Phi) is 4.32. The van der Waals surface area contributed by atoms with Crippen LogP contribution in [0.5, 0.6) is 0 Å². The van der Waals surface area contributed by atoms with Gasteiger partial charge in [0.1, 0.15) is 0 Å². The Bertz CT molecular complexity index is 529. The number of hydrogen-bond donors (Lipinski definition) is 2. The highest BCUT2D eigenvalue weighted by atomic mass is 16.3. The summed E-state index contributed by atoms with van der Waals surface area (Å²) in [5, 5.41) is 13.0. The fourth-order valence-corrected chi connectivity index (χ4v) is 2.14. The lowest BCUT2D eigenvalue weighted by Crippen LogP contribution is -2.32. The van der Waals surface area contributed by atoms with Crippen LogP contribution >= 0.6 is 0 Å². The van der Waals surface area contributed by atoms with E-state index in [-0.39, 0.29) is 12.0 Å². The van der Waals surface area contributed by atoms with Crippen LogP contribution in [-0.2, 0) is 0 Å². The van der Waals surface area contributed by atoms with Crippen LogP contribution in [0.4, 0.5) is 5.69 Å². The number of hydrogen-bond acceptors (Lipinski definition) is 4. The molecule has 2 aromatic rings. The SMILES string of the molecule is CCC(CC)(CO)CNc1ccc2nccnc2c1. The van der Waals surface area contributed by atoms with Gasteiger partial charge in [0.15, 0.2) is 0 Å². The molecule has 19 heavy (non-hydrogen) atoms. The molecule has 4 nitrogen and oxygen atoms in total. The van der Waals surface area contributed by atoms with Gasteiger partial charge in [-0.25, -0.2) is 0 Å². The highest BCUT2D eigenvalue weighted by Crippen LogP contribution is 2.26. The van der Waals surface area contributed by atoms with E-state index >= 15 is 0 Å². The first-order valence-corrected chi connectivity index (χ1v) is 6.78. The van der Waals surface area contributed by atoms with Crippen molar-refractivity contribution in [1.82, 2.24) is 9.97 Å². The second-order valence-electron chi connectivity index (χ2n) is 4.98. The normalized spacial score (nSPS) is 11.7. The predicted molar refractivity (Wildman–Crippen MR) is 78.1 cm³/mol. The van der Waals surface area contributed by atoms with Crippen molar-refractivity contribution in [2.75, 3.05) is 18.5 Å². The van der Waals surface area contributed by atoms with E-state index in [0.717, 1.165) is 36.1 Å². The molecule has 0 bridgehead atoms. The first-order chi connectivity index (χ1) is 9.23. The molecule has 0 saturated heterocycles. The largest absolute Gasteiger partial charge is 0.396 e. The zero-order valence-electron chi connectivity index (χ0n) is 11.6. The van der Waals surface area contributed by atoms with Gasteiger partial charge in [0, 0.05) is 30.0 Å². The number of benzene rings is 1. The number of rotatable bonds is 6. The summed E-state index contributed by atoms with van der Waals surface area (Å²) in [6.45, 7) is 5.21. The maximum absolute atomic E-state index is 9.56. The molecule has 0 radical (unpaired) electrons. The number of anilines is 1. The topological polar surface area (TPSA) is 58.0 Å². The fraction of sp³-hybridized carbons (Fsp3) is 0.467. The summed E-state index contributed by atoms with van der Waals surface area (Å²) < 4.78 is 0. The number of aliphatic hydroxyl groups excluding tert-OH is 1. The first kappa shape index (κ1) is 13.7. The van der Waals surface area contributed by atoms with Crippen LogP contribution in [0.3, 0.4) is 0 Å². The van der Waals surface area contributed by atoms with E-state index in [1.807, 2.05) is 18.2 Å². The van der Waals surface area contributed by atoms with Crippen molar-refractivity contribution in [3.63, 3.8) is 0 Å². The Balaban J connectivity index is 2.13. The van der Waals surface area contributed by atoms with Gasteiger partial charge in [-0.05, 0) is 31.0 Å². The van der Waals surface area contributed by atoms with Crippen molar-refractivity contribution in [1.29, 1.82) is 0 Å². The first-order valence-electron chi connectivity index (χ1n) is 6.78. The molecule has 1 aromatic heterocycles. The van der Waals surface area contributed by atoms with Gasteiger partial charge >= 0.3 is 0 Å². The molecule has 2 rings (SSSR count). The van der Waals surface area contributed by atoms with Crippen molar-refractivity contribution in [2.24, 2.45) is 5.41 Å². The average molecular weight is 259 g/mol. The quantitative estimate of drug-likeness (QED) is 0.837. The smallest absolute Gasteiger partial charge is 0.0907 e. The molecule has 1 aromatic carbocycles. The summed E-state index contributed by atoms with van der Waals surface area (Å²) in [7, 11) is 0. The molecule has 0 aliphatic carbocycles. The van der Waals surface area contributed by atoms with Crippen LogP contribution in [0, 0.1) is 5.41 Å². The Morgan fingerprint density at radius 1 is 1.11 bits per heavy atom. The molecule has 0 amide bonds. The molecule has 102 valence electrons. The molecule has 0 saturated carbocycles. The molecular formula is C15H21N3O. The van der Waals surface area contributed by atoms with Gasteiger partial charge in [-0.2, -0.15) is 0 Å². The maximum atomic E-state index is 9.56. The average Bonchev–Trinajstić information content (AvgIpc) is 2.49. The summed E-state index contributed by atoms with van der Waals surface area (Å²) in [5.74, 6) is 0. The minimum absolute atomic E-state index is 0.0443. The number of nitrogens with zero attached hydrogens (tertiary/aromatic N) is 2. The number of aromatic nitrogens is 2. The van der Waals surface area contributed by atoms with E-state index in [9.17, 15) is 5.11 Å². The van der Waals surface area contributed by atoms with Crippen LogP contribution in [0.25, 0.3) is 11.0 Å². The molecule has 0 aliphatic rings. The van der Waals surface area contributed by atoms with E-state index in [4.69, 9.17) is 0 Å². The van der Waals surface area contributed by atoms with Gasteiger partial charge in [0.2, 0.25) is 0 Å². The molecule has 0 atom stereocenters. The van der Waals surface area contributed by atoms with Crippen LogP contribution in [0.1, 0.15) is 26.7 Å². The van der Waals surface area contributed by atoms with Gasteiger partial charge in [-0.1, -0.05) is 13.8 Å². The molecule has 0 spiro atoms. The zero-order chi connectivity index (χ0) is 13.7. The molecule has 0 fully saturated rings. The Morgan fingerprint density at radius 2 is 1.79 bits per heavy atom. The third-order valence-electron chi connectivity index (χ3n) is 3.97. The van der Waals surface area contributed by atoms with Crippen LogP contribution in [0.15, 0.2) is 30.6 Å². The second-order valence-corrected chi connectivity index (χ2v) is 4.98. The molecular weight excluding hydrogens is 238 g/mol. The third kappa shape index (κ3) is 3.01. The van der Waals surface area contributed by atoms with E-state index in [2.05, 4.69) is 29.1 Å². The predicted octanol–water partition coefficient (Wildman–Crippen LogP) is 2.84. The molecule has 1 heterocycles. The van der Waals surface area contributed by atoms with Gasteiger partial charge in [0.05, 0.1) is 17.6 Å². The lowest BCUT2D eigenvalue weighted by molar-refractivity contribution is 0.127. The van der Waals surface area contributed by atoms with Crippen molar-refractivity contribution in [2.45, 2.75) is 26.7 Å². The number of nitrogens with one attached hydrogen (secondary N) is 1. The highest BCUT2D eigenvalue weighted by molar-refractivity contribution is 5.78. The minimum Gasteiger partial charge on any atom is -0.396 e. The molecule has 4 heteroatoms. The number of aliphatic hydroxyl groups is 1. The van der Waals surface area contributed by atoms with Crippen molar-refractivity contribution < 1.29 is 5.11 Å². The van der Waals surface area contributed by atoms with Crippen LogP contribution in [0.2, 0.25) is 0 Å². The monoisotopic (exact) mass is 259 g/mol. The fourth-order valence-electron chi connectivity index (χ4n) is 2.14.